The monoisotopic (exact) mass is 449 g/mol. The number of amides is 2. The van der Waals surface area contributed by atoms with Crippen molar-refractivity contribution in [3.8, 4) is 5.75 Å². The third-order valence-corrected chi connectivity index (χ3v) is 5.86. The standard InChI is InChI=1S/C26H31N3O4/c1-15-9-10-21-20(13-15)19-11-12-29(24(31)16(2)27-25(32)33-26(3,4)5)23(22(19)28-21)17-7-6-8-18(30)14-17/h6-10,13-14,16,23,28,30H,11-12H2,1-5H3,(H,27,32). The lowest BCUT2D eigenvalue weighted by Gasteiger charge is -2.38. The molecule has 1 aliphatic heterocycles. The van der Waals surface area contributed by atoms with Crippen LogP contribution in [0.2, 0.25) is 0 Å². The van der Waals surface area contributed by atoms with E-state index in [1.54, 1.807) is 50.8 Å². The van der Waals surface area contributed by atoms with Gasteiger partial charge in [0.2, 0.25) is 5.91 Å². The van der Waals surface area contributed by atoms with Crippen molar-refractivity contribution in [1.29, 1.82) is 0 Å². The number of carbonyl (C=O) groups excluding carboxylic acids is 2. The van der Waals surface area contributed by atoms with Gasteiger partial charge in [-0.25, -0.2) is 4.79 Å². The van der Waals surface area contributed by atoms with E-state index in [1.807, 2.05) is 6.07 Å². The fourth-order valence-electron chi connectivity index (χ4n) is 4.48. The number of fused-ring (bicyclic) bond motifs is 3. The third kappa shape index (κ3) is 4.67. The largest absolute Gasteiger partial charge is 0.508 e. The number of aromatic amines is 1. The summed E-state index contributed by atoms with van der Waals surface area (Å²) >= 11 is 0. The van der Waals surface area contributed by atoms with Gasteiger partial charge in [0.25, 0.3) is 0 Å². The van der Waals surface area contributed by atoms with Crippen molar-refractivity contribution in [2.45, 2.75) is 58.7 Å². The number of hydrogen-bond acceptors (Lipinski definition) is 4. The van der Waals surface area contributed by atoms with Crippen LogP contribution < -0.4 is 5.32 Å². The van der Waals surface area contributed by atoms with Crippen LogP contribution in [0.5, 0.6) is 5.75 Å². The molecule has 0 bridgehead atoms. The average Bonchev–Trinajstić information content (AvgIpc) is 3.08. The van der Waals surface area contributed by atoms with Gasteiger partial charge in [-0.3, -0.25) is 4.79 Å². The first-order chi connectivity index (χ1) is 15.5. The number of aromatic hydroxyl groups is 1. The Morgan fingerprint density at radius 2 is 1.97 bits per heavy atom. The predicted octanol–water partition coefficient (Wildman–Crippen LogP) is 4.57. The minimum Gasteiger partial charge on any atom is -0.508 e. The Morgan fingerprint density at radius 1 is 1.21 bits per heavy atom. The molecule has 0 saturated heterocycles. The van der Waals surface area contributed by atoms with Crippen molar-refractivity contribution < 1.29 is 19.4 Å². The molecule has 0 aliphatic carbocycles. The van der Waals surface area contributed by atoms with Crippen molar-refractivity contribution in [2.24, 2.45) is 0 Å². The Morgan fingerprint density at radius 3 is 2.67 bits per heavy atom. The quantitative estimate of drug-likeness (QED) is 0.546. The highest BCUT2D eigenvalue weighted by molar-refractivity contribution is 5.89. The van der Waals surface area contributed by atoms with E-state index in [2.05, 4.69) is 35.4 Å². The lowest BCUT2D eigenvalue weighted by molar-refractivity contribution is -0.135. The second kappa shape index (κ2) is 8.46. The van der Waals surface area contributed by atoms with Crippen LogP contribution in [0.4, 0.5) is 4.79 Å². The number of alkyl carbamates (subject to hydrolysis) is 1. The van der Waals surface area contributed by atoms with Crippen molar-refractivity contribution in [2.75, 3.05) is 6.54 Å². The number of phenols is 1. The maximum atomic E-state index is 13.5. The second-order valence-corrected chi connectivity index (χ2v) is 9.71. The predicted molar refractivity (Wildman–Crippen MR) is 127 cm³/mol. The molecule has 1 aliphatic rings. The summed E-state index contributed by atoms with van der Waals surface area (Å²) in [6.07, 6.45) is 0.0648. The van der Waals surface area contributed by atoms with E-state index in [0.29, 0.717) is 13.0 Å². The molecule has 0 saturated carbocycles. The maximum absolute atomic E-state index is 13.5. The molecule has 7 heteroatoms. The van der Waals surface area contributed by atoms with Gasteiger partial charge in [0.15, 0.2) is 0 Å². The molecule has 0 radical (unpaired) electrons. The van der Waals surface area contributed by atoms with E-state index >= 15 is 0 Å². The number of nitrogens with zero attached hydrogens (tertiary/aromatic N) is 1. The molecule has 0 fully saturated rings. The number of benzene rings is 2. The summed E-state index contributed by atoms with van der Waals surface area (Å²) in [6, 6.07) is 12.1. The fraction of sp³-hybridized carbons (Fsp3) is 0.385. The van der Waals surface area contributed by atoms with E-state index in [0.717, 1.165) is 22.2 Å². The number of H-pyrrole nitrogens is 1. The van der Waals surface area contributed by atoms with E-state index < -0.39 is 23.8 Å². The highest BCUT2D eigenvalue weighted by atomic mass is 16.6. The van der Waals surface area contributed by atoms with Crippen LogP contribution in [-0.2, 0) is 16.0 Å². The molecule has 174 valence electrons. The number of carbonyl (C=O) groups is 2. The molecule has 2 heterocycles. The summed E-state index contributed by atoms with van der Waals surface area (Å²) in [6.45, 7) is 9.56. The number of phenolic OH excluding ortho intramolecular Hbond substituents is 1. The lowest BCUT2D eigenvalue weighted by Crippen LogP contribution is -2.51. The molecule has 4 rings (SSSR count). The van der Waals surface area contributed by atoms with E-state index in [-0.39, 0.29) is 11.7 Å². The minimum atomic E-state index is -0.771. The van der Waals surface area contributed by atoms with Gasteiger partial charge in [-0.05, 0) is 76.4 Å². The topological polar surface area (TPSA) is 94.7 Å². The van der Waals surface area contributed by atoms with Crippen molar-refractivity contribution >= 4 is 22.9 Å². The second-order valence-electron chi connectivity index (χ2n) is 9.71. The van der Waals surface area contributed by atoms with Gasteiger partial charge in [0.05, 0.1) is 6.04 Å². The number of rotatable bonds is 3. The van der Waals surface area contributed by atoms with Crippen LogP contribution in [0.25, 0.3) is 10.9 Å². The summed E-state index contributed by atoms with van der Waals surface area (Å²) in [4.78, 5) is 31.1. The first-order valence-electron chi connectivity index (χ1n) is 11.2. The Hall–Kier alpha value is -3.48. The molecule has 2 unspecified atom stereocenters. The molecule has 1 aromatic heterocycles. The molecular weight excluding hydrogens is 418 g/mol. The first-order valence-corrected chi connectivity index (χ1v) is 11.2. The van der Waals surface area contributed by atoms with Crippen LogP contribution >= 0.6 is 0 Å². The minimum absolute atomic E-state index is 0.138. The zero-order valence-electron chi connectivity index (χ0n) is 19.7. The van der Waals surface area contributed by atoms with Crippen LogP contribution in [-0.4, -0.2) is 45.2 Å². The molecular formula is C26H31N3O4. The van der Waals surface area contributed by atoms with Crippen molar-refractivity contribution in [3.05, 3.63) is 64.8 Å². The van der Waals surface area contributed by atoms with Gasteiger partial charge < -0.3 is 25.0 Å². The molecule has 2 aromatic carbocycles. The number of aromatic nitrogens is 1. The summed E-state index contributed by atoms with van der Waals surface area (Å²) < 4.78 is 5.32. The zero-order chi connectivity index (χ0) is 23.9. The van der Waals surface area contributed by atoms with Crippen molar-refractivity contribution in [3.63, 3.8) is 0 Å². The van der Waals surface area contributed by atoms with E-state index in [1.165, 1.54) is 11.1 Å². The van der Waals surface area contributed by atoms with E-state index in [9.17, 15) is 14.7 Å². The van der Waals surface area contributed by atoms with E-state index in [4.69, 9.17) is 4.74 Å². The zero-order valence-corrected chi connectivity index (χ0v) is 19.7. The van der Waals surface area contributed by atoms with Gasteiger partial charge in [0, 0.05) is 23.1 Å². The fourth-order valence-corrected chi connectivity index (χ4v) is 4.48. The first kappa shape index (κ1) is 22.7. The Labute approximate surface area is 193 Å². The maximum Gasteiger partial charge on any atom is 0.408 e. The highest BCUT2D eigenvalue weighted by Gasteiger charge is 2.37. The normalized spacial score (nSPS) is 16.9. The summed E-state index contributed by atoms with van der Waals surface area (Å²) in [5, 5.41) is 14.0. The smallest absolute Gasteiger partial charge is 0.408 e. The Kier molecular flexibility index (Phi) is 5.82. The Balaban J connectivity index is 1.71. The molecule has 3 aromatic rings. The molecule has 7 nitrogen and oxygen atoms in total. The van der Waals surface area contributed by atoms with Crippen LogP contribution in [0.1, 0.15) is 56.1 Å². The third-order valence-electron chi connectivity index (χ3n) is 5.86. The molecule has 3 N–H and O–H groups in total. The van der Waals surface area contributed by atoms with Gasteiger partial charge >= 0.3 is 6.09 Å². The van der Waals surface area contributed by atoms with Crippen LogP contribution in [0.3, 0.4) is 0 Å². The Bertz CT molecular complexity index is 1210. The number of aryl methyl sites for hydroxylation is 1. The van der Waals surface area contributed by atoms with Crippen LogP contribution in [0.15, 0.2) is 42.5 Å². The summed E-state index contributed by atoms with van der Waals surface area (Å²) in [5.41, 5.74) is 4.46. The summed E-state index contributed by atoms with van der Waals surface area (Å²) in [7, 11) is 0. The molecule has 2 atom stereocenters. The molecule has 33 heavy (non-hydrogen) atoms. The van der Waals surface area contributed by atoms with Gasteiger partial charge in [-0.15, -0.1) is 0 Å². The molecule has 0 spiro atoms. The van der Waals surface area contributed by atoms with Gasteiger partial charge in [0.1, 0.15) is 17.4 Å². The van der Waals surface area contributed by atoms with Gasteiger partial charge in [-0.1, -0.05) is 23.8 Å². The summed E-state index contributed by atoms with van der Waals surface area (Å²) in [5.74, 6) is -0.0754. The van der Waals surface area contributed by atoms with Crippen molar-refractivity contribution in [1.82, 2.24) is 15.2 Å². The number of ether oxygens (including phenoxy) is 1. The highest BCUT2D eigenvalue weighted by Crippen LogP contribution is 2.39. The van der Waals surface area contributed by atoms with Gasteiger partial charge in [-0.2, -0.15) is 0 Å². The SMILES string of the molecule is Cc1ccc2[nH]c3c(c2c1)CCN(C(=O)C(C)NC(=O)OC(C)(C)C)C3c1cccc(O)c1. The lowest BCUT2D eigenvalue weighted by atomic mass is 9.91. The number of nitrogens with one attached hydrogen (secondary N) is 2. The van der Waals surface area contributed by atoms with Crippen LogP contribution in [0, 0.1) is 6.92 Å². The molecule has 2 amide bonds. The number of hydrogen-bond donors (Lipinski definition) is 3. The average molecular weight is 450 g/mol.